The Balaban J connectivity index is 3.37. The molecule has 64 valence electrons. The number of hydrogen-bond acceptors (Lipinski definition) is 2. The van der Waals surface area contributed by atoms with Crippen LogP contribution in [0, 0.1) is 9.39 Å². The second kappa shape index (κ2) is 3.38. The lowest BCUT2D eigenvalue weighted by atomic mass is 10.1. The summed E-state index contributed by atoms with van der Waals surface area (Å²) in [4.78, 5) is 10.9. The summed E-state index contributed by atoms with van der Waals surface area (Å²) in [5.74, 6) is -1.05. The molecule has 0 amide bonds. The largest absolute Gasteiger partial charge is 0.508 e. The number of phenolic OH excluding ortho intramolecular Hbond substituents is 1. The molecule has 0 heterocycles. The second-order valence-electron chi connectivity index (χ2n) is 2.35. The van der Waals surface area contributed by atoms with Gasteiger partial charge in [0.2, 0.25) is 0 Å². The Kier molecular flexibility index (Phi) is 2.66. The summed E-state index contributed by atoms with van der Waals surface area (Å²) in [7, 11) is 0. The third-order valence-corrected chi connectivity index (χ3v) is 2.49. The van der Waals surface area contributed by atoms with Crippen LogP contribution in [0.4, 0.5) is 4.39 Å². The molecular formula is C8H6FIO2. The monoisotopic (exact) mass is 280 g/mol. The molecule has 1 aromatic rings. The minimum atomic E-state index is -0.569. The van der Waals surface area contributed by atoms with Gasteiger partial charge in [-0.15, -0.1) is 0 Å². The van der Waals surface area contributed by atoms with Crippen LogP contribution in [0.3, 0.4) is 0 Å². The highest BCUT2D eigenvalue weighted by Crippen LogP contribution is 2.22. The fourth-order valence-electron chi connectivity index (χ4n) is 0.831. The zero-order chi connectivity index (χ0) is 9.30. The normalized spacial score (nSPS) is 9.92. The van der Waals surface area contributed by atoms with E-state index in [0.29, 0.717) is 0 Å². The van der Waals surface area contributed by atoms with E-state index in [1.807, 2.05) is 0 Å². The quantitative estimate of drug-likeness (QED) is 0.633. The molecule has 0 aromatic heterocycles. The number of aromatic hydroxyl groups is 1. The highest BCUT2D eigenvalue weighted by atomic mass is 127. The van der Waals surface area contributed by atoms with Gasteiger partial charge in [-0.05, 0) is 35.6 Å². The van der Waals surface area contributed by atoms with E-state index in [1.54, 1.807) is 22.6 Å². The topological polar surface area (TPSA) is 37.3 Å². The Labute approximate surface area is 82.5 Å². The molecule has 0 fully saturated rings. The molecule has 1 N–H and O–H groups in total. The first kappa shape index (κ1) is 9.44. The fraction of sp³-hybridized carbons (Fsp3) is 0.125. The summed E-state index contributed by atoms with van der Waals surface area (Å²) < 4.78 is 13.1. The van der Waals surface area contributed by atoms with Gasteiger partial charge in [-0.25, -0.2) is 4.39 Å². The standard InChI is InChI=1S/C8H6FIO2/c1-4(11)6-2-5(12)3-7(9)8(6)10/h2-3,12H,1H3. The Morgan fingerprint density at radius 2 is 2.17 bits per heavy atom. The molecule has 1 rings (SSSR count). The van der Waals surface area contributed by atoms with Crippen LogP contribution in [-0.2, 0) is 0 Å². The van der Waals surface area contributed by atoms with Crippen LogP contribution in [0.15, 0.2) is 12.1 Å². The maximum atomic E-state index is 12.9. The molecule has 0 bridgehead atoms. The number of ketones is 1. The molecule has 2 nitrogen and oxygen atoms in total. The molecule has 0 unspecified atom stereocenters. The molecule has 0 atom stereocenters. The molecule has 0 radical (unpaired) electrons. The number of benzene rings is 1. The van der Waals surface area contributed by atoms with Gasteiger partial charge in [0.15, 0.2) is 5.78 Å². The minimum Gasteiger partial charge on any atom is -0.508 e. The van der Waals surface area contributed by atoms with Gasteiger partial charge < -0.3 is 5.11 Å². The number of carbonyl (C=O) groups excluding carboxylic acids is 1. The minimum absolute atomic E-state index is 0.216. The van der Waals surface area contributed by atoms with Crippen molar-refractivity contribution in [2.24, 2.45) is 0 Å². The van der Waals surface area contributed by atoms with Crippen molar-refractivity contribution in [2.45, 2.75) is 6.92 Å². The van der Waals surface area contributed by atoms with E-state index in [1.165, 1.54) is 13.0 Å². The first-order valence-electron chi connectivity index (χ1n) is 3.21. The fourth-order valence-corrected chi connectivity index (χ4v) is 1.52. The Hall–Kier alpha value is -0.650. The second-order valence-corrected chi connectivity index (χ2v) is 3.42. The van der Waals surface area contributed by atoms with Gasteiger partial charge in [-0.3, -0.25) is 4.79 Å². The van der Waals surface area contributed by atoms with Crippen molar-refractivity contribution in [2.75, 3.05) is 0 Å². The average molecular weight is 280 g/mol. The van der Waals surface area contributed by atoms with Crippen LogP contribution in [-0.4, -0.2) is 10.9 Å². The predicted octanol–water partition coefficient (Wildman–Crippen LogP) is 2.34. The van der Waals surface area contributed by atoms with Crippen molar-refractivity contribution in [3.63, 3.8) is 0 Å². The van der Waals surface area contributed by atoms with Gasteiger partial charge in [0.1, 0.15) is 11.6 Å². The third-order valence-electron chi connectivity index (χ3n) is 1.39. The smallest absolute Gasteiger partial charge is 0.161 e. The van der Waals surface area contributed by atoms with E-state index < -0.39 is 5.82 Å². The van der Waals surface area contributed by atoms with Crippen molar-refractivity contribution in [1.82, 2.24) is 0 Å². The van der Waals surface area contributed by atoms with E-state index in [-0.39, 0.29) is 20.7 Å². The summed E-state index contributed by atoms with van der Waals surface area (Å²) in [6.07, 6.45) is 0. The molecule has 1 aromatic carbocycles. The lowest BCUT2D eigenvalue weighted by molar-refractivity contribution is 0.101. The third kappa shape index (κ3) is 1.74. The molecule has 0 aliphatic heterocycles. The lowest BCUT2D eigenvalue weighted by Crippen LogP contribution is -1.98. The molecule has 0 spiro atoms. The average Bonchev–Trinajstić information content (AvgIpc) is 1.96. The number of phenols is 1. The maximum Gasteiger partial charge on any atom is 0.161 e. The van der Waals surface area contributed by atoms with Crippen LogP contribution in [0.2, 0.25) is 0 Å². The predicted molar refractivity (Wildman–Crippen MR) is 50.8 cm³/mol. The van der Waals surface area contributed by atoms with E-state index in [0.717, 1.165) is 6.07 Å². The van der Waals surface area contributed by atoms with Crippen molar-refractivity contribution >= 4 is 28.4 Å². The van der Waals surface area contributed by atoms with Gasteiger partial charge in [0, 0.05) is 11.6 Å². The summed E-state index contributed by atoms with van der Waals surface area (Å²) in [6.45, 7) is 1.33. The van der Waals surface area contributed by atoms with E-state index in [2.05, 4.69) is 0 Å². The molecule has 0 aliphatic rings. The Morgan fingerprint density at radius 1 is 1.58 bits per heavy atom. The van der Waals surface area contributed by atoms with E-state index >= 15 is 0 Å². The highest BCUT2D eigenvalue weighted by Gasteiger charge is 2.11. The van der Waals surface area contributed by atoms with Gasteiger partial charge in [0.05, 0.1) is 3.57 Å². The van der Waals surface area contributed by atoms with Crippen LogP contribution < -0.4 is 0 Å². The Bertz CT molecular complexity index is 336. The summed E-state index contributed by atoms with van der Waals surface area (Å²) in [5.41, 5.74) is 0.216. The number of Topliss-reactive ketones (excluding diaryl/α,β-unsaturated/α-hetero) is 1. The number of hydrogen-bond donors (Lipinski definition) is 1. The SMILES string of the molecule is CC(=O)c1cc(O)cc(F)c1I. The maximum absolute atomic E-state index is 12.9. The first-order valence-corrected chi connectivity index (χ1v) is 4.29. The van der Waals surface area contributed by atoms with E-state index in [4.69, 9.17) is 5.11 Å². The molecule has 0 aliphatic carbocycles. The zero-order valence-corrected chi connectivity index (χ0v) is 8.42. The summed E-state index contributed by atoms with van der Waals surface area (Å²) >= 11 is 1.73. The van der Waals surface area contributed by atoms with Crippen molar-refractivity contribution in [3.8, 4) is 5.75 Å². The molecule has 12 heavy (non-hydrogen) atoms. The molecular weight excluding hydrogens is 274 g/mol. The summed E-state index contributed by atoms with van der Waals surface area (Å²) in [6, 6.07) is 2.24. The Morgan fingerprint density at radius 3 is 2.67 bits per heavy atom. The number of carbonyl (C=O) groups is 1. The van der Waals surface area contributed by atoms with Gasteiger partial charge in [-0.2, -0.15) is 0 Å². The highest BCUT2D eigenvalue weighted by molar-refractivity contribution is 14.1. The lowest BCUT2D eigenvalue weighted by Gasteiger charge is -2.01. The van der Waals surface area contributed by atoms with Crippen molar-refractivity contribution in [3.05, 3.63) is 27.1 Å². The molecule has 0 saturated carbocycles. The van der Waals surface area contributed by atoms with Crippen molar-refractivity contribution in [1.29, 1.82) is 0 Å². The van der Waals surface area contributed by atoms with Crippen LogP contribution in [0.5, 0.6) is 5.75 Å². The molecule has 0 saturated heterocycles. The number of rotatable bonds is 1. The summed E-state index contributed by atoms with van der Waals surface area (Å²) in [5, 5.41) is 8.97. The van der Waals surface area contributed by atoms with Gasteiger partial charge in [0.25, 0.3) is 0 Å². The zero-order valence-electron chi connectivity index (χ0n) is 6.27. The molecule has 4 heteroatoms. The van der Waals surface area contributed by atoms with Gasteiger partial charge >= 0.3 is 0 Å². The van der Waals surface area contributed by atoms with E-state index in [9.17, 15) is 9.18 Å². The van der Waals surface area contributed by atoms with Crippen LogP contribution in [0.1, 0.15) is 17.3 Å². The van der Waals surface area contributed by atoms with Crippen LogP contribution in [0.25, 0.3) is 0 Å². The van der Waals surface area contributed by atoms with Crippen molar-refractivity contribution < 1.29 is 14.3 Å². The van der Waals surface area contributed by atoms with Crippen LogP contribution >= 0.6 is 22.6 Å². The first-order chi connectivity index (χ1) is 5.52. The van der Waals surface area contributed by atoms with Gasteiger partial charge in [-0.1, -0.05) is 0 Å². The number of halogens is 2.